The number of rotatable bonds is 3. The van der Waals surface area contributed by atoms with Gasteiger partial charge in [0.1, 0.15) is 0 Å². The van der Waals surface area contributed by atoms with Crippen LogP contribution in [-0.2, 0) is 4.79 Å². The van der Waals surface area contributed by atoms with Crippen LogP contribution in [0.3, 0.4) is 0 Å². The molecule has 2 nitrogen and oxygen atoms in total. The van der Waals surface area contributed by atoms with Crippen molar-refractivity contribution in [2.45, 2.75) is 20.0 Å². The summed E-state index contributed by atoms with van der Waals surface area (Å²) in [7, 11) is 0. The second-order valence-corrected chi connectivity index (χ2v) is 2.12. The average Bonchev–Trinajstić information content (AvgIpc) is 1.87. The summed E-state index contributed by atoms with van der Waals surface area (Å²) in [6.45, 7) is 3.25. The van der Waals surface area contributed by atoms with Crippen molar-refractivity contribution in [3.63, 3.8) is 0 Å². The van der Waals surface area contributed by atoms with E-state index in [-0.39, 0.29) is 0 Å². The monoisotopic (exact) mass is 146 g/mol. The Morgan fingerprint density at radius 2 is 2.20 bits per heavy atom. The SMILES string of the molecule is C/C=C/[C@H](C)[C@@H](F)C(=O)O. The van der Waals surface area contributed by atoms with Crippen LogP contribution in [0.1, 0.15) is 13.8 Å². The van der Waals surface area contributed by atoms with E-state index >= 15 is 0 Å². The molecule has 0 rings (SSSR count). The summed E-state index contributed by atoms with van der Waals surface area (Å²) in [6.07, 6.45) is 1.38. The molecule has 10 heavy (non-hydrogen) atoms. The molecule has 0 spiro atoms. The Morgan fingerprint density at radius 3 is 2.50 bits per heavy atom. The number of halogens is 1. The molecule has 0 aromatic rings. The lowest BCUT2D eigenvalue weighted by atomic mass is 10.1. The predicted octanol–water partition coefficient (Wildman–Crippen LogP) is 1.62. The van der Waals surface area contributed by atoms with Gasteiger partial charge in [-0.15, -0.1) is 0 Å². The van der Waals surface area contributed by atoms with E-state index in [0.29, 0.717) is 0 Å². The Balaban J connectivity index is 3.93. The zero-order chi connectivity index (χ0) is 8.15. The maximum absolute atomic E-state index is 12.5. The molecule has 0 heterocycles. The number of allylic oxidation sites excluding steroid dienone is 2. The molecular weight excluding hydrogens is 135 g/mol. The number of carboxylic acids is 1. The van der Waals surface area contributed by atoms with E-state index in [1.807, 2.05) is 0 Å². The number of carboxylic acid groups (broad SMARTS) is 1. The van der Waals surface area contributed by atoms with Crippen LogP contribution in [0.15, 0.2) is 12.2 Å². The number of aliphatic carboxylic acids is 1. The lowest BCUT2D eigenvalue weighted by Crippen LogP contribution is -2.21. The van der Waals surface area contributed by atoms with E-state index in [0.717, 1.165) is 0 Å². The van der Waals surface area contributed by atoms with Crippen LogP contribution in [0.25, 0.3) is 0 Å². The van der Waals surface area contributed by atoms with Crippen molar-refractivity contribution in [2.75, 3.05) is 0 Å². The first-order chi connectivity index (χ1) is 4.59. The first-order valence-corrected chi connectivity index (χ1v) is 3.09. The van der Waals surface area contributed by atoms with Crippen molar-refractivity contribution >= 4 is 5.97 Å². The van der Waals surface area contributed by atoms with Crippen molar-refractivity contribution in [3.05, 3.63) is 12.2 Å². The van der Waals surface area contributed by atoms with Crippen LogP contribution in [0.4, 0.5) is 4.39 Å². The highest BCUT2D eigenvalue weighted by atomic mass is 19.1. The first-order valence-electron chi connectivity index (χ1n) is 3.09. The van der Waals surface area contributed by atoms with Crippen LogP contribution in [0.5, 0.6) is 0 Å². The van der Waals surface area contributed by atoms with Gasteiger partial charge in [0.05, 0.1) is 0 Å². The Hall–Kier alpha value is -0.860. The van der Waals surface area contributed by atoms with Crippen LogP contribution >= 0.6 is 0 Å². The standard InChI is InChI=1S/C7H11FO2/c1-3-4-5(2)6(8)7(9)10/h3-6H,1-2H3,(H,9,10)/b4-3+/t5-,6+/m0/s1. The Kier molecular flexibility index (Phi) is 3.69. The van der Waals surface area contributed by atoms with E-state index in [4.69, 9.17) is 5.11 Å². The first kappa shape index (κ1) is 9.14. The van der Waals surface area contributed by atoms with Crippen molar-refractivity contribution in [2.24, 2.45) is 5.92 Å². The fraction of sp³-hybridized carbons (Fsp3) is 0.571. The summed E-state index contributed by atoms with van der Waals surface area (Å²) in [6, 6.07) is 0. The molecule has 0 unspecified atom stereocenters. The number of hydrogen-bond donors (Lipinski definition) is 1. The Morgan fingerprint density at radius 1 is 1.70 bits per heavy atom. The maximum atomic E-state index is 12.5. The van der Waals surface area contributed by atoms with Crippen molar-refractivity contribution < 1.29 is 14.3 Å². The van der Waals surface area contributed by atoms with E-state index in [1.54, 1.807) is 13.0 Å². The highest BCUT2D eigenvalue weighted by Crippen LogP contribution is 2.08. The van der Waals surface area contributed by atoms with E-state index in [1.165, 1.54) is 13.0 Å². The van der Waals surface area contributed by atoms with Crippen molar-refractivity contribution in [1.29, 1.82) is 0 Å². The van der Waals surface area contributed by atoms with Gasteiger partial charge in [-0.1, -0.05) is 19.1 Å². The highest BCUT2D eigenvalue weighted by molar-refractivity contribution is 5.72. The van der Waals surface area contributed by atoms with Gasteiger partial charge in [-0.25, -0.2) is 9.18 Å². The summed E-state index contributed by atoms with van der Waals surface area (Å²) in [5.74, 6) is -1.94. The predicted molar refractivity (Wildman–Crippen MR) is 36.5 cm³/mol. The Bertz CT molecular complexity index is 143. The average molecular weight is 146 g/mol. The van der Waals surface area contributed by atoms with Gasteiger partial charge >= 0.3 is 5.97 Å². The topological polar surface area (TPSA) is 37.3 Å². The third kappa shape index (κ3) is 2.62. The van der Waals surface area contributed by atoms with E-state index < -0.39 is 18.1 Å². The van der Waals surface area contributed by atoms with Crippen LogP contribution in [0.2, 0.25) is 0 Å². The van der Waals surface area contributed by atoms with E-state index in [9.17, 15) is 9.18 Å². The zero-order valence-corrected chi connectivity index (χ0v) is 6.04. The minimum Gasteiger partial charge on any atom is -0.479 e. The van der Waals surface area contributed by atoms with Gasteiger partial charge in [0, 0.05) is 5.92 Å². The van der Waals surface area contributed by atoms with Gasteiger partial charge < -0.3 is 5.11 Å². The highest BCUT2D eigenvalue weighted by Gasteiger charge is 2.20. The summed E-state index contributed by atoms with van der Waals surface area (Å²) in [5.41, 5.74) is 0. The molecule has 0 aromatic carbocycles. The van der Waals surface area contributed by atoms with Gasteiger partial charge in [0.15, 0.2) is 0 Å². The lowest BCUT2D eigenvalue weighted by Gasteiger charge is -2.06. The molecular formula is C7H11FO2. The second-order valence-electron chi connectivity index (χ2n) is 2.12. The van der Waals surface area contributed by atoms with Crippen molar-refractivity contribution in [1.82, 2.24) is 0 Å². The second kappa shape index (κ2) is 4.04. The molecule has 0 fully saturated rings. The molecule has 0 amide bonds. The van der Waals surface area contributed by atoms with Gasteiger partial charge in [0.25, 0.3) is 0 Å². The van der Waals surface area contributed by atoms with Crippen LogP contribution in [0, 0.1) is 5.92 Å². The molecule has 1 N–H and O–H groups in total. The number of alkyl halides is 1. The van der Waals surface area contributed by atoms with Gasteiger partial charge in [-0.2, -0.15) is 0 Å². The Labute approximate surface area is 59.4 Å². The normalized spacial score (nSPS) is 17.1. The summed E-state index contributed by atoms with van der Waals surface area (Å²) < 4.78 is 12.5. The molecule has 0 aliphatic rings. The molecule has 58 valence electrons. The minimum atomic E-state index is -1.78. The molecule has 3 heteroatoms. The number of hydrogen-bond acceptors (Lipinski definition) is 1. The molecule has 0 aliphatic heterocycles. The lowest BCUT2D eigenvalue weighted by molar-refractivity contribution is -0.143. The summed E-state index contributed by atoms with van der Waals surface area (Å²) >= 11 is 0. The molecule has 0 aliphatic carbocycles. The van der Waals surface area contributed by atoms with Gasteiger partial charge in [-0.05, 0) is 6.92 Å². The van der Waals surface area contributed by atoms with E-state index in [2.05, 4.69) is 0 Å². The van der Waals surface area contributed by atoms with Crippen molar-refractivity contribution in [3.8, 4) is 0 Å². The largest absolute Gasteiger partial charge is 0.479 e. The smallest absolute Gasteiger partial charge is 0.338 e. The fourth-order valence-corrected chi connectivity index (χ4v) is 0.626. The molecule has 0 aromatic heterocycles. The van der Waals surface area contributed by atoms with Crippen LogP contribution in [-0.4, -0.2) is 17.2 Å². The quantitative estimate of drug-likeness (QED) is 0.614. The molecule has 0 saturated carbocycles. The third-order valence-corrected chi connectivity index (χ3v) is 1.19. The molecule has 0 saturated heterocycles. The minimum absolute atomic E-state index is 0.539. The number of carbonyl (C=O) groups is 1. The maximum Gasteiger partial charge on any atom is 0.338 e. The van der Waals surface area contributed by atoms with Gasteiger partial charge in [0.2, 0.25) is 6.17 Å². The van der Waals surface area contributed by atoms with Gasteiger partial charge in [-0.3, -0.25) is 0 Å². The third-order valence-electron chi connectivity index (χ3n) is 1.19. The molecule has 0 radical (unpaired) electrons. The molecule has 2 atom stereocenters. The summed E-state index contributed by atoms with van der Waals surface area (Å²) in [5, 5.41) is 8.17. The summed E-state index contributed by atoms with van der Waals surface area (Å²) in [4.78, 5) is 10.0. The van der Waals surface area contributed by atoms with Crippen LogP contribution < -0.4 is 0 Å². The molecule has 0 bridgehead atoms. The zero-order valence-electron chi connectivity index (χ0n) is 6.04. The fourth-order valence-electron chi connectivity index (χ4n) is 0.626.